The van der Waals surface area contributed by atoms with E-state index in [1.807, 2.05) is 18.2 Å². The number of carbonyl (C=O) groups excluding carboxylic acids is 1. The van der Waals surface area contributed by atoms with Crippen molar-refractivity contribution in [2.24, 2.45) is 34.0 Å². The molecule has 3 aliphatic rings. The molecule has 0 aromatic heterocycles. The fourth-order valence-electron chi connectivity index (χ4n) is 10.1. The highest BCUT2D eigenvalue weighted by molar-refractivity contribution is 6.74. The first kappa shape index (κ1) is 47.1. The molecule has 0 heterocycles. The molecule has 2 fully saturated rings. The van der Waals surface area contributed by atoms with Crippen LogP contribution in [0.2, 0.25) is 36.3 Å². The van der Waals surface area contributed by atoms with Crippen LogP contribution < -0.4 is 0 Å². The molecule has 0 radical (unpaired) electrons. The second kappa shape index (κ2) is 17.6. The van der Waals surface area contributed by atoms with Gasteiger partial charge in [0.2, 0.25) is 0 Å². The number of ether oxygens (including phenoxy) is 2. The van der Waals surface area contributed by atoms with Crippen LogP contribution in [0, 0.1) is 34.0 Å². The summed E-state index contributed by atoms with van der Waals surface area (Å²) in [5.41, 5.74) is 2.66. The van der Waals surface area contributed by atoms with Crippen molar-refractivity contribution in [2.45, 2.75) is 189 Å². The monoisotopic (exact) mass is 811 g/mol. The first-order valence-corrected chi connectivity index (χ1v) is 27.7. The summed E-state index contributed by atoms with van der Waals surface area (Å²) in [6.07, 6.45) is 8.63. The lowest BCUT2D eigenvalue weighted by Gasteiger charge is -2.54. The number of hydrogen-bond donors (Lipinski definition) is 1. The molecule has 4 rings (SSSR count). The van der Waals surface area contributed by atoms with Crippen LogP contribution >= 0.6 is 0 Å². The zero-order chi connectivity index (χ0) is 42.1. The molecule has 1 aromatic carbocycles. The molecule has 0 bridgehead atoms. The minimum Gasteiger partial charge on any atom is -0.458 e. The summed E-state index contributed by atoms with van der Waals surface area (Å²) in [6.45, 7) is 40.5. The minimum absolute atomic E-state index is 0.00737. The maximum Gasteiger partial charge on any atom is 0.303 e. The normalized spacial score (nSPS) is 31.4. The van der Waals surface area contributed by atoms with Crippen LogP contribution in [0.25, 0.3) is 0 Å². The Kier molecular flexibility index (Phi) is 14.8. The van der Waals surface area contributed by atoms with Crippen LogP contribution in [-0.2, 0) is 29.7 Å². The van der Waals surface area contributed by atoms with Crippen molar-refractivity contribution in [3.05, 3.63) is 59.7 Å². The molecule has 0 saturated heterocycles. The summed E-state index contributed by atoms with van der Waals surface area (Å²) in [7, 11) is -3.97. The van der Waals surface area contributed by atoms with Gasteiger partial charge in [0.25, 0.3) is 0 Å². The SMILES string of the molecule is C=C1[C@@H](CC(OC(C)=O)C2=CCC[C@]3(C)[C@@H]([C@H](C)CCCO[Si](C)(C)C(C)(C)C)CC[C@@]23C)[C@](C)(COCc2ccccc2)[C@@H](O)C[C@H]1O[Si](C)(C)C(C)(C)C. The number of benzene rings is 1. The Bertz CT molecular complexity index is 1520. The lowest BCUT2D eigenvalue weighted by atomic mass is 9.53. The van der Waals surface area contributed by atoms with Crippen LogP contribution in [-0.4, -0.2) is 59.2 Å². The Labute approximate surface area is 345 Å². The average molecular weight is 811 g/mol. The number of hydrogen-bond acceptors (Lipinski definition) is 6. The van der Waals surface area contributed by atoms with Crippen molar-refractivity contribution in [3.63, 3.8) is 0 Å². The lowest BCUT2D eigenvalue weighted by Crippen LogP contribution is -2.55. The van der Waals surface area contributed by atoms with E-state index in [1.54, 1.807) is 6.92 Å². The molecule has 2 saturated carbocycles. The molecule has 0 amide bonds. The summed E-state index contributed by atoms with van der Waals surface area (Å²) in [5.74, 6) is 0.681. The van der Waals surface area contributed by atoms with Crippen molar-refractivity contribution >= 4 is 22.6 Å². The number of rotatable bonds is 16. The number of aliphatic hydroxyl groups excluding tert-OH is 1. The van der Waals surface area contributed by atoms with Crippen molar-refractivity contribution in [2.75, 3.05) is 13.2 Å². The Hall–Kier alpha value is -1.56. The first-order chi connectivity index (χ1) is 25.7. The van der Waals surface area contributed by atoms with Crippen LogP contribution in [0.4, 0.5) is 0 Å². The molecule has 56 heavy (non-hydrogen) atoms. The van der Waals surface area contributed by atoms with Gasteiger partial charge in [-0.15, -0.1) is 0 Å². The second-order valence-electron chi connectivity index (χ2n) is 21.9. The molecular weight excluding hydrogens is 729 g/mol. The molecule has 1 N–H and O–H groups in total. The van der Waals surface area contributed by atoms with Crippen LogP contribution in [0.15, 0.2) is 54.1 Å². The molecule has 9 atom stereocenters. The van der Waals surface area contributed by atoms with Crippen molar-refractivity contribution in [3.8, 4) is 0 Å². The highest BCUT2D eigenvalue weighted by atomic mass is 28.4. The maximum atomic E-state index is 13.1. The van der Waals surface area contributed by atoms with E-state index in [4.69, 9.17) is 24.9 Å². The molecule has 318 valence electrons. The summed E-state index contributed by atoms with van der Waals surface area (Å²) in [6, 6.07) is 10.2. The highest BCUT2D eigenvalue weighted by Gasteiger charge is 2.60. The Morgan fingerprint density at radius 2 is 1.61 bits per heavy atom. The predicted molar refractivity (Wildman–Crippen MR) is 238 cm³/mol. The summed E-state index contributed by atoms with van der Waals surface area (Å²) >= 11 is 0. The van der Waals surface area contributed by atoms with Gasteiger partial charge in [-0.25, -0.2) is 0 Å². The van der Waals surface area contributed by atoms with Gasteiger partial charge in [0, 0.05) is 25.4 Å². The summed E-state index contributed by atoms with van der Waals surface area (Å²) in [5, 5.41) is 12.4. The largest absolute Gasteiger partial charge is 0.458 e. The van der Waals surface area contributed by atoms with E-state index in [0.29, 0.717) is 37.9 Å². The molecule has 1 aromatic rings. The van der Waals surface area contributed by atoms with Crippen molar-refractivity contribution in [1.82, 2.24) is 0 Å². The summed E-state index contributed by atoms with van der Waals surface area (Å²) in [4.78, 5) is 13.1. The van der Waals surface area contributed by atoms with Gasteiger partial charge in [0.15, 0.2) is 16.6 Å². The quantitative estimate of drug-likeness (QED) is 0.0776. The molecule has 1 unspecified atom stereocenters. The van der Waals surface area contributed by atoms with Gasteiger partial charge in [-0.3, -0.25) is 4.79 Å². The zero-order valence-corrected chi connectivity index (χ0v) is 40.4. The maximum absolute atomic E-state index is 13.1. The fourth-order valence-corrected chi connectivity index (χ4v) is 12.5. The smallest absolute Gasteiger partial charge is 0.303 e. The fraction of sp³-hybridized carbons (Fsp3) is 0.771. The molecule has 6 nitrogen and oxygen atoms in total. The Morgan fingerprint density at radius 1 is 0.982 bits per heavy atom. The standard InChI is InChI=1S/C48H82O6Si2/c1-34(22-21-29-52-55(13,14)44(4,5)6)38-26-28-48(12)39(25-20-27-47(38,48)11)42(53-36(3)49)30-40-35(2)41(54-56(15,16)45(7,8)9)31-43(50)46(40,10)33-51-32-37-23-18-17-19-24-37/h17-19,23-25,34,38,40-43,50H,2,20-22,26-33H2,1,3-16H3/t34-,38-,40-,41-,42?,43+,46+,47-,48+/m1/s1. The number of esters is 1. The van der Waals surface area contributed by atoms with Crippen LogP contribution in [0.1, 0.15) is 133 Å². The van der Waals surface area contributed by atoms with Crippen LogP contribution in [0.5, 0.6) is 0 Å². The molecule has 0 aliphatic heterocycles. The van der Waals surface area contributed by atoms with E-state index in [1.165, 1.54) is 12.0 Å². The van der Waals surface area contributed by atoms with Gasteiger partial charge in [-0.05, 0) is 127 Å². The first-order valence-electron chi connectivity index (χ1n) is 21.9. The number of allylic oxidation sites excluding steroid dienone is 1. The Morgan fingerprint density at radius 3 is 2.20 bits per heavy atom. The van der Waals surface area contributed by atoms with E-state index in [2.05, 4.69) is 114 Å². The highest BCUT2D eigenvalue weighted by Crippen LogP contribution is 2.67. The molecule has 0 spiro atoms. The van der Waals surface area contributed by atoms with Gasteiger partial charge < -0.3 is 23.4 Å². The van der Waals surface area contributed by atoms with Gasteiger partial charge in [-0.1, -0.05) is 112 Å². The average Bonchev–Trinajstić information content (AvgIpc) is 3.37. The van der Waals surface area contributed by atoms with E-state index in [0.717, 1.165) is 49.8 Å². The number of carbonyl (C=O) groups is 1. The second-order valence-corrected chi connectivity index (χ2v) is 31.5. The van der Waals surface area contributed by atoms with Gasteiger partial charge in [0.05, 0.1) is 25.4 Å². The third-order valence-electron chi connectivity index (χ3n) is 16.2. The summed E-state index contributed by atoms with van der Waals surface area (Å²) < 4.78 is 26.6. The van der Waals surface area contributed by atoms with E-state index < -0.39 is 34.3 Å². The lowest BCUT2D eigenvalue weighted by molar-refractivity contribution is -0.149. The predicted octanol–water partition coefficient (Wildman–Crippen LogP) is 12.4. The van der Waals surface area contributed by atoms with Gasteiger partial charge in [-0.2, -0.15) is 0 Å². The topological polar surface area (TPSA) is 74.2 Å². The number of aliphatic hydroxyl groups is 1. The van der Waals surface area contributed by atoms with Gasteiger partial charge >= 0.3 is 5.97 Å². The molecule has 3 aliphatic carbocycles. The van der Waals surface area contributed by atoms with E-state index in [9.17, 15) is 9.90 Å². The van der Waals surface area contributed by atoms with E-state index >= 15 is 0 Å². The number of fused-ring (bicyclic) bond motifs is 1. The third-order valence-corrected chi connectivity index (χ3v) is 25.2. The zero-order valence-electron chi connectivity index (χ0n) is 38.4. The molecule has 8 heteroatoms. The molecular formula is C48H82O6Si2. The van der Waals surface area contributed by atoms with Crippen molar-refractivity contribution < 1.29 is 28.2 Å². The minimum atomic E-state index is -2.20. The Balaban J connectivity index is 1.63. The third kappa shape index (κ3) is 9.89. The van der Waals surface area contributed by atoms with Gasteiger partial charge in [0.1, 0.15) is 6.10 Å². The van der Waals surface area contributed by atoms with Crippen LogP contribution in [0.3, 0.4) is 0 Å². The van der Waals surface area contributed by atoms with E-state index in [-0.39, 0.29) is 38.9 Å². The van der Waals surface area contributed by atoms with Crippen molar-refractivity contribution in [1.29, 1.82) is 0 Å².